The van der Waals surface area contributed by atoms with Crippen molar-refractivity contribution >= 4 is 9.84 Å². The second-order valence-electron chi connectivity index (χ2n) is 9.76. The molecule has 35 heavy (non-hydrogen) atoms. The highest BCUT2D eigenvalue weighted by molar-refractivity contribution is 7.91. The monoisotopic (exact) mass is 480 g/mol. The highest BCUT2D eigenvalue weighted by Gasteiger charge is 2.29. The quantitative estimate of drug-likeness (QED) is 0.313. The topological polar surface area (TPSA) is 34.1 Å². The van der Waals surface area contributed by atoms with E-state index < -0.39 is 15.1 Å². The van der Waals surface area contributed by atoms with Crippen LogP contribution < -0.4 is 0 Å². The van der Waals surface area contributed by atoms with Crippen LogP contribution in [0.25, 0.3) is 0 Å². The van der Waals surface area contributed by atoms with Crippen LogP contribution in [0, 0.1) is 0 Å². The summed E-state index contributed by atoms with van der Waals surface area (Å²) in [5, 5.41) is -0.653. The lowest BCUT2D eigenvalue weighted by Crippen LogP contribution is -2.18. The molecule has 5 rings (SSSR count). The summed E-state index contributed by atoms with van der Waals surface area (Å²) in [6.07, 6.45) is 4.00. The van der Waals surface area contributed by atoms with Gasteiger partial charge < -0.3 is 0 Å². The molecule has 4 aromatic carbocycles. The van der Waals surface area contributed by atoms with Crippen LogP contribution in [0.2, 0.25) is 0 Å². The molecule has 0 spiro atoms. The second-order valence-corrected chi connectivity index (χ2v) is 12.0. The summed E-state index contributed by atoms with van der Waals surface area (Å²) in [4.78, 5) is 0. The van der Waals surface area contributed by atoms with Gasteiger partial charge in [-0.15, -0.1) is 0 Å². The summed E-state index contributed by atoms with van der Waals surface area (Å²) < 4.78 is 27.4. The zero-order valence-electron chi connectivity index (χ0n) is 20.3. The number of hydrogen-bond acceptors (Lipinski definition) is 2. The van der Waals surface area contributed by atoms with Gasteiger partial charge in [0.1, 0.15) is 5.25 Å². The van der Waals surface area contributed by atoms with Crippen LogP contribution in [0.5, 0.6) is 0 Å². The molecule has 178 valence electrons. The lowest BCUT2D eigenvalue weighted by Gasteiger charge is -2.21. The smallest absolute Gasteiger partial charge is 0.161 e. The molecule has 0 amide bonds. The molecular weight excluding hydrogens is 448 g/mol. The first-order chi connectivity index (χ1) is 17.0. The van der Waals surface area contributed by atoms with Crippen molar-refractivity contribution in [3.8, 4) is 0 Å². The third-order valence-corrected chi connectivity index (χ3v) is 8.98. The van der Waals surface area contributed by atoms with E-state index in [4.69, 9.17) is 0 Å². The molecule has 1 aliphatic carbocycles. The van der Waals surface area contributed by atoms with E-state index in [1.54, 1.807) is 0 Å². The molecule has 0 saturated carbocycles. The number of unbranched alkanes of at least 4 members (excludes halogenated alkanes) is 1. The maximum absolute atomic E-state index is 13.7. The fourth-order valence-corrected chi connectivity index (χ4v) is 7.26. The Bertz CT molecular complexity index is 1340. The average molecular weight is 481 g/mol. The first-order valence-electron chi connectivity index (χ1n) is 12.5. The molecule has 3 heteroatoms. The lowest BCUT2D eigenvalue weighted by molar-refractivity contribution is 0.585. The largest absolute Gasteiger partial charge is 0.228 e. The van der Waals surface area contributed by atoms with E-state index in [1.807, 2.05) is 31.2 Å². The highest BCUT2D eigenvalue weighted by atomic mass is 32.2. The average Bonchev–Trinajstić information content (AvgIpc) is 2.83. The first-order valence-corrected chi connectivity index (χ1v) is 14.3. The van der Waals surface area contributed by atoms with Crippen LogP contribution in [0.4, 0.5) is 0 Å². The van der Waals surface area contributed by atoms with Gasteiger partial charge in [-0.3, -0.25) is 0 Å². The molecule has 0 N–H and O–H groups in total. The Morgan fingerprint density at radius 2 is 0.971 bits per heavy atom. The van der Waals surface area contributed by atoms with Gasteiger partial charge in [-0.25, -0.2) is 8.42 Å². The predicted molar refractivity (Wildman–Crippen MR) is 145 cm³/mol. The Morgan fingerprint density at radius 3 is 1.37 bits per heavy atom. The summed E-state index contributed by atoms with van der Waals surface area (Å²) in [7, 11) is -3.37. The molecule has 0 heterocycles. The summed E-state index contributed by atoms with van der Waals surface area (Å²) in [5.74, 6) is 0.201. The number of rotatable bonds is 4. The number of sulfone groups is 1. The van der Waals surface area contributed by atoms with Crippen LogP contribution in [0.3, 0.4) is 0 Å². The van der Waals surface area contributed by atoms with Crippen molar-refractivity contribution in [2.24, 2.45) is 0 Å². The van der Waals surface area contributed by atoms with Crippen molar-refractivity contribution in [3.63, 3.8) is 0 Å². The van der Waals surface area contributed by atoms with Gasteiger partial charge in [-0.05, 0) is 70.2 Å². The van der Waals surface area contributed by atoms with Crippen molar-refractivity contribution in [1.29, 1.82) is 0 Å². The van der Waals surface area contributed by atoms with Gasteiger partial charge in [0, 0.05) is 0 Å². The molecule has 2 nitrogen and oxygen atoms in total. The first kappa shape index (κ1) is 23.6. The molecule has 0 radical (unpaired) electrons. The molecule has 0 saturated heterocycles. The zero-order chi connectivity index (χ0) is 24.3. The molecule has 0 atom stereocenters. The highest BCUT2D eigenvalue weighted by Crippen LogP contribution is 2.33. The Balaban J connectivity index is 1.67. The Labute approximate surface area is 209 Å². The SMILES string of the molecule is CCCCS(=O)(=O)C1c2cccc(c2)Cc2cccc(c2)Cc2cccc(c2)Cc2cccc1c2. The van der Waals surface area contributed by atoms with Gasteiger partial charge in [0.25, 0.3) is 0 Å². The number of fused-ring (bicyclic) bond motifs is 8. The van der Waals surface area contributed by atoms with Crippen molar-refractivity contribution in [2.75, 3.05) is 5.75 Å². The van der Waals surface area contributed by atoms with Crippen LogP contribution in [0.1, 0.15) is 69.5 Å². The molecule has 8 bridgehead atoms. The fourth-order valence-electron chi connectivity index (χ4n) is 5.21. The van der Waals surface area contributed by atoms with E-state index in [0.717, 1.165) is 47.9 Å². The third-order valence-electron chi connectivity index (χ3n) is 6.86. The van der Waals surface area contributed by atoms with Gasteiger partial charge in [0.15, 0.2) is 9.84 Å². The van der Waals surface area contributed by atoms with Crippen molar-refractivity contribution in [3.05, 3.63) is 142 Å². The molecule has 0 fully saturated rings. The Morgan fingerprint density at radius 1 is 0.600 bits per heavy atom. The molecular formula is C32H32O2S. The van der Waals surface area contributed by atoms with Crippen LogP contribution in [0.15, 0.2) is 97.1 Å². The fraction of sp³-hybridized carbons (Fsp3) is 0.250. The minimum atomic E-state index is -3.37. The van der Waals surface area contributed by atoms with Gasteiger partial charge in [0.05, 0.1) is 5.75 Å². The minimum absolute atomic E-state index is 0.201. The molecule has 0 aromatic heterocycles. The van der Waals surface area contributed by atoms with Gasteiger partial charge >= 0.3 is 0 Å². The zero-order valence-corrected chi connectivity index (χ0v) is 21.1. The number of benzene rings is 4. The van der Waals surface area contributed by atoms with Gasteiger partial charge in [-0.1, -0.05) is 110 Å². The standard InChI is InChI=1S/C32H32O2S/c1-2-3-16-35(33,34)32-30-14-6-12-28(22-30)20-26-10-4-8-24(18-26)17-25-9-5-11-27(19-25)21-29-13-7-15-31(32)23-29/h4-15,18-19,22-23,32H,2-3,16-17,20-21H2,1H3. The normalized spacial score (nSPS) is 14.0. The van der Waals surface area contributed by atoms with E-state index in [1.165, 1.54) is 22.3 Å². The number of hydrogen-bond donors (Lipinski definition) is 0. The van der Waals surface area contributed by atoms with Gasteiger partial charge in [-0.2, -0.15) is 0 Å². The molecule has 1 aliphatic rings. The van der Waals surface area contributed by atoms with Crippen molar-refractivity contribution in [1.82, 2.24) is 0 Å². The summed E-state index contributed by atoms with van der Waals surface area (Å²) in [5.41, 5.74) is 9.09. The van der Waals surface area contributed by atoms with E-state index in [-0.39, 0.29) is 5.75 Å². The third kappa shape index (κ3) is 5.57. The van der Waals surface area contributed by atoms with Crippen LogP contribution in [-0.2, 0) is 29.1 Å². The van der Waals surface area contributed by atoms with E-state index in [0.29, 0.717) is 6.42 Å². The lowest BCUT2D eigenvalue weighted by atomic mass is 9.94. The van der Waals surface area contributed by atoms with Gasteiger partial charge in [0.2, 0.25) is 0 Å². The summed E-state index contributed by atoms with van der Waals surface area (Å²) >= 11 is 0. The van der Waals surface area contributed by atoms with Crippen molar-refractivity contribution < 1.29 is 8.42 Å². The maximum atomic E-state index is 13.7. The minimum Gasteiger partial charge on any atom is -0.228 e. The Kier molecular flexibility index (Phi) is 6.88. The van der Waals surface area contributed by atoms with Crippen LogP contribution >= 0.6 is 0 Å². The molecule has 0 unspecified atom stereocenters. The molecule has 4 aromatic rings. The van der Waals surface area contributed by atoms with E-state index in [2.05, 4.69) is 72.8 Å². The predicted octanol–water partition coefficient (Wildman–Crippen LogP) is 7.08. The summed E-state index contributed by atoms with van der Waals surface area (Å²) in [6.45, 7) is 2.04. The van der Waals surface area contributed by atoms with E-state index >= 15 is 0 Å². The summed E-state index contributed by atoms with van der Waals surface area (Å²) in [6, 6.07) is 33.9. The van der Waals surface area contributed by atoms with E-state index in [9.17, 15) is 8.42 Å². The second kappa shape index (κ2) is 10.2. The maximum Gasteiger partial charge on any atom is 0.161 e. The molecule has 0 aliphatic heterocycles. The van der Waals surface area contributed by atoms with Crippen LogP contribution in [-0.4, -0.2) is 14.2 Å². The Hall–Kier alpha value is -3.17. The van der Waals surface area contributed by atoms with Crippen molar-refractivity contribution in [2.45, 2.75) is 44.3 Å².